The Kier molecular flexibility index (Phi) is 5.63. The minimum atomic E-state index is -1.07. The molecule has 3 rings (SSSR count). The van der Waals surface area contributed by atoms with Crippen LogP contribution in [0.15, 0.2) is 42.6 Å². The fourth-order valence-corrected chi connectivity index (χ4v) is 3.35. The summed E-state index contributed by atoms with van der Waals surface area (Å²) < 4.78 is 0. The molecule has 6 heteroatoms. The second kappa shape index (κ2) is 8.10. The monoisotopic (exact) mass is 353 g/mol. The topological polar surface area (TPSA) is 82.5 Å². The Morgan fingerprint density at radius 2 is 2.04 bits per heavy atom. The number of pyridine rings is 1. The molecule has 2 heterocycles. The van der Waals surface area contributed by atoms with E-state index in [1.165, 1.54) is 29.5 Å². The van der Waals surface area contributed by atoms with Gasteiger partial charge in [-0.05, 0) is 36.1 Å². The van der Waals surface area contributed by atoms with Crippen molar-refractivity contribution in [3.8, 4) is 0 Å². The van der Waals surface area contributed by atoms with Gasteiger partial charge in [0.2, 0.25) is 0 Å². The summed E-state index contributed by atoms with van der Waals surface area (Å²) in [5, 5.41) is 11.9. The molecule has 136 valence electrons. The number of hydrogen-bond acceptors (Lipinski definition) is 4. The first-order valence-electron chi connectivity index (χ1n) is 8.87. The number of hydrogen-bond donors (Lipinski definition) is 2. The number of carbonyl (C=O) groups is 2. The molecule has 0 spiro atoms. The third kappa shape index (κ3) is 4.08. The minimum absolute atomic E-state index is 0.0600. The Morgan fingerprint density at radius 1 is 1.27 bits per heavy atom. The molecule has 0 saturated heterocycles. The zero-order valence-corrected chi connectivity index (χ0v) is 14.8. The van der Waals surface area contributed by atoms with Crippen LogP contribution in [0.4, 0.5) is 0 Å². The summed E-state index contributed by atoms with van der Waals surface area (Å²) in [7, 11) is 0. The van der Waals surface area contributed by atoms with Crippen molar-refractivity contribution in [2.45, 2.75) is 32.4 Å². The molecule has 0 radical (unpaired) electrons. The van der Waals surface area contributed by atoms with Crippen LogP contribution in [-0.2, 0) is 13.0 Å². The fraction of sp³-hybridized carbons (Fsp3) is 0.350. The number of aromatic nitrogens is 1. The smallest absolute Gasteiger partial charge is 0.335 e. The molecule has 0 aliphatic carbocycles. The van der Waals surface area contributed by atoms with E-state index < -0.39 is 5.97 Å². The van der Waals surface area contributed by atoms with Gasteiger partial charge in [0.25, 0.3) is 5.91 Å². The molecule has 0 fully saturated rings. The Balaban J connectivity index is 1.62. The summed E-state index contributed by atoms with van der Waals surface area (Å²) in [6.07, 6.45) is 3.28. The molecule has 1 unspecified atom stereocenters. The van der Waals surface area contributed by atoms with Crippen molar-refractivity contribution < 1.29 is 14.7 Å². The van der Waals surface area contributed by atoms with Crippen LogP contribution >= 0.6 is 0 Å². The Bertz CT molecular complexity index is 806. The van der Waals surface area contributed by atoms with E-state index in [2.05, 4.69) is 46.4 Å². The van der Waals surface area contributed by atoms with Gasteiger partial charge in [0.05, 0.1) is 5.56 Å². The van der Waals surface area contributed by atoms with Crippen LogP contribution in [0.3, 0.4) is 0 Å². The highest BCUT2D eigenvalue weighted by Crippen LogP contribution is 2.21. The molecule has 1 aliphatic rings. The number of nitrogens with zero attached hydrogens (tertiary/aromatic N) is 2. The van der Waals surface area contributed by atoms with Crippen LogP contribution < -0.4 is 5.32 Å². The number of carboxylic acids is 1. The molecular formula is C20H23N3O3. The van der Waals surface area contributed by atoms with Crippen LogP contribution in [0.2, 0.25) is 0 Å². The third-order valence-electron chi connectivity index (χ3n) is 4.89. The van der Waals surface area contributed by atoms with Crippen molar-refractivity contribution >= 4 is 11.9 Å². The Morgan fingerprint density at radius 3 is 2.77 bits per heavy atom. The molecule has 1 aromatic heterocycles. The zero-order valence-electron chi connectivity index (χ0n) is 14.8. The number of aromatic carboxylic acids is 1. The first-order valence-corrected chi connectivity index (χ1v) is 8.87. The summed E-state index contributed by atoms with van der Waals surface area (Å²) >= 11 is 0. The average molecular weight is 353 g/mol. The van der Waals surface area contributed by atoms with Gasteiger partial charge in [-0.3, -0.25) is 14.7 Å². The van der Waals surface area contributed by atoms with Crippen LogP contribution in [0.25, 0.3) is 0 Å². The number of fused-ring (bicyclic) bond motifs is 1. The highest BCUT2D eigenvalue weighted by atomic mass is 16.4. The van der Waals surface area contributed by atoms with Gasteiger partial charge < -0.3 is 10.4 Å². The van der Waals surface area contributed by atoms with Crippen LogP contribution in [0.1, 0.15) is 45.3 Å². The summed E-state index contributed by atoms with van der Waals surface area (Å²) in [6, 6.07) is 11.4. The molecule has 0 bridgehead atoms. The predicted molar refractivity (Wildman–Crippen MR) is 98.2 cm³/mol. The maximum atomic E-state index is 12.3. The molecule has 2 aromatic rings. The zero-order chi connectivity index (χ0) is 18.5. The third-order valence-corrected chi connectivity index (χ3v) is 4.89. The highest BCUT2D eigenvalue weighted by Gasteiger charge is 2.23. The lowest BCUT2D eigenvalue weighted by Crippen LogP contribution is -2.45. The van der Waals surface area contributed by atoms with Gasteiger partial charge in [-0.15, -0.1) is 0 Å². The van der Waals surface area contributed by atoms with Gasteiger partial charge in [0.1, 0.15) is 5.69 Å². The quantitative estimate of drug-likeness (QED) is 0.833. The molecule has 1 aromatic carbocycles. The lowest BCUT2D eigenvalue weighted by Gasteiger charge is -2.35. The molecule has 26 heavy (non-hydrogen) atoms. The number of nitrogens with one attached hydrogen (secondary N) is 1. The van der Waals surface area contributed by atoms with Gasteiger partial charge in [-0.2, -0.15) is 0 Å². The molecule has 6 nitrogen and oxygen atoms in total. The molecule has 1 aliphatic heterocycles. The number of amides is 1. The van der Waals surface area contributed by atoms with Gasteiger partial charge in [0, 0.05) is 31.9 Å². The number of benzene rings is 1. The standard InChI is InChI=1S/C20H23N3O3/c1-2-17(23-10-8-14-5-3-4-6-16(14)13-23)12-22-19(24)18-11-15(20(25)26)7-9-21-18/h3-7,9,11,17H,2,8,10,12-13H2,1H3,(H,22,24)(H,25,26). The van der Waals surface area contributed by atoms with E-state index in [1.807, 2.05) is 0 Å². The SMILES string of the molecule is CCC(CNC(=O)c1cc(C(=O)O)ccn1)N1CCc2ccccc2C1. The molecule has 0 saturated carbocycles. The van der Waals surface area contributed by atoms with Crippen molar-refractivity contribution in [1.82, 2.24) is 15.2 Å². The van der Waals surface area contributed by atoms with Gasteiger partial charge in [-0.1, -0.05) is 31.2 Å². The second-order valence-corrected chi connectivity index (χ2v) is 6.50. The van der Waals surface area contributed by atoms with Crippen LogP contribution in [0.5, 0.6) is 0 Å². The van der Waals surface area contributed by atoms with Crippen molar-refractivity contribution in [2.24, 2.45) is 0 Å². The van der Waals surface area contributed by atoms with E-state index in [-0.39, 0.29) is 23.2 Å². The summed E-state index contributed by atoms with van der Waals surface area (Å²) in [5.74, 6) is -1.41. The lowest BCUT2D eigenvalue weighted by molar-refractivity contribution is 0.0696. The minimum Gasteiger partial charge on any atom is -0.478 e. The van der Waals surface area contributed by atoms with Crippen molar-refractivity contribution in [1.29, 1.82) is 0 Å². The summed E-state index contributed by atoms with van der Waals surface area (Å²) in [5.41, 5.74) is 2.94. The number of carboxylic acid groups (broad SMARTS) is 1. The Hall–Kier alpha value is -2.73. The van der Waals surface area contributed by atoms with E-state index >= 15 is 0 Å². The van der Waals surface area contributed by atoms with Crippen LogP contribution in [-0.4, -0.2) is 46.0 Å². The molecule has 2 N–H and O–H groups in total. The Labute approximate surface area is 152 Å². The van der Waals surface area contributed by atoms with Crippen molar-refractivity contribution in [3.63, 3.8) is 0 Å². The van der Waals surface area contributed by atoms with Gasteiger partial charge >= 0.3 is 5.97 Å². The first kappa shape index (κ1) is 18.1. The molecule has 1 atom stereocenters. The lowest BCUT2D eigenvalue weighted by atomic mass is 9.98. The van der Waals surface area contributed by atoms with Crippen LogP contribution in [0, 0.1) is 0 Å². The second-order valence-electron chi connectivity index (χ2n) is 6.50. The maximum Gasteiger partial charge on any atom is 0.335 e. The largest absolute Gasteiger partial charge is 0.478 e. The van der Waals surface area contributed by atoms with E-state index in [0.29, 0.717) is 6.54 Å². The van der Waals surface area contributed by atoms with Crippen molar-refractivity contribution in [2.75, 3.05) is 13.1 Å². The molecule has 1 amide bonds. The summed E-state index contributed by atoms with van der Waals surface area (Å²) in [4.78, 5) is 29.7. The first-order chi connectivity index (χ1) is 12.6. The average Bonchev–Trinajstić information content (AvgIpc) is 2.68. The summed E-state index contributed by atoms with van der Waals surface area (Å²) in [6.45, 7) is 4.48. The van der Waals surface area contributed by atoms with Gasteiger partial charge in [-0.25, -0.2) is 4.79 Å². The molecular weight excluding hydrogens is 330 g/mol. The fourth-order valence-electron chi connectivity index (χ4n) is 3.35. The van der Waals surface area contributed by atoms with E-state index in [0.717, 1.165) is 25.9 Å². The maximum absolute atomic E-state index is 12.3. The highest BCUT2D eigenvalue weighted by molar-refractivity contribution is 5.95. The number of carbonyl (C=O) groups excluding carboxylic acids is 1. The van der Waals surface area contributed by atoms with E-state index in [1.54, 1.807) is 0 Å². The van der Waals surface area contributed by atoms with Gasteiger partial charge in [0.15, 0.2) is 0 Å². The van der Waals surface area contributed by atoms with E-state index in [4.69, 9.17) is 5.11 Å². The van der Waals surface area contributed by atoms with E-state index in [9.17, 15) is 9.59 Å². The number of rotatable bonds is 6. The normalized spacial score (nSPS) is 15.1. The predicted octanol–water partition coefficient (Wildman–Crippen LogP) is 2.35. The van der Waals surface area contributed by atoms with Crippen molar-refractivity contribution in [3.05, 3.63) is 65.0 Å².